The number of aromatic hydroxyl groups is 3. The number of carboxylic acid groups (broad SMARTS) is 1. The van der Waals surface area contributed by atoms with Crippen molar-refractivity contribution in [3.8, 4) is 68.4 Å². The monoisotopic (exact) mass is 1810 g/mol. The average Bonchev–Trinajstić information content (AvgIpc) is 0.761. The van der Waals surface area contributed by atoms with Gasteiger partial charge in [-0.2, -0.15) is 0 Å². The molecule has 5 unspecified atom stereocenters. The van der Waals surface area contributed by atoms with E-state index in [-0.39, 0.29) is 43.0 Å². The molecule has 23 atom stereocenters. The van der Waals surface area contributed by atoms with Crippen LogP contribution >= 0.6 is 34.8 Å². The Labute approximate surface area is 732 Å². The molecule has 39 nitrogen and oxygen atoms in total. The molecule has 0 radical (unpaired) electrons. The molecular formula is C84H94Cl3N11O28. The first-order valence-corrected chi connectivity index (χ1v) is 41.0. The zero-order chi connectivity index (χ0) is 90.9. The molecule has 42 heteroatoms. The highest BCUT2D eigenvalue weighted by atomic mass is 35.5. The van der Waals surface area contributed by atoms with Crippen LogP contribution < -0.4 is 68.2 Å². The maximum absolute atomic E-state index is 16.4. The van der Waals surface area contributed by atoms with Gasteiger partial charge in [-0.15, -0.1) is 0 Å². The number of ether oxygens (including phenoxy) is 8. The molecule has 7 amide bonds. The fourth-order valence-electron chi connectivity index (χ4n) is 15.7. The number of carboxylic acids is 1. The van der Waals surface area contributed by atoms with Crippen molar-refractivity contribution in [3.63, 3.8) is 0 Å². The molecule has 3 saturated heterocycles. The number of aromatic nitrogens is 1. The number of nitrogens with two attached hydrogens (primary N) is 2. The van der Waals surface area contributed by atoms with Crippen LogP contribution in [0.25, 0.3) is 22.4 Å². The first kappa shape index (κ1) is 92.9. The highest BCUT2D eigenvalue weighted by Gasteiger charge is 2.53. The number of benzene rings is 6. The Kier molecular flexibility index (Phi) is 28.6. The molecule has 8 aliphatic rings. The summed E-state index contributed by atoms with van der Waals surface area (Å²) in [6.07, 6.45) is -27.6. The molecule has 24 N–H and O–H groups in total. The molecule has 15 rings (SSSR count). The first-order valence-electron chi connectivity index (χ1n) is 39.8. The van der Waals surface area contributed by atoms with Crippen molar-refractivity contribution in [2.24, 2.45) is 17.4 Å². The van der Waals surface area contributed by atoms with Crippen LogP contribution in [0.3, 0.4) is 0 Å². The Morgan fingerprint density at radius 2 is 1.29 bits per heavy atom. The fourth-order valence-corrected chi connectivity index (χ4v) is 16.3. The molecular weight excluding hydrogens is 1720 g/mol. The van der Waals surface area contributed by atoms with E-state index in [4.69, 9.17) is 84.2 Å². The van der Waals surface area contributed by atoms with Gasteiger partial charge in [-0.25, -0.2) is 4.79 Å². The Bertz CT molecular complexity index is 5260. The second kappa shape index (κ2) is 38.8. The number of phenols is 3. The van der Waals surface area contributed by atoms with Crippen molar-refractivity contribution in [1.29, 1.82) is 0 Å². The smallest absolute Gasteiger partial charge is 0.330 e. The molecule has 11 bridgehead atoms. The molecule has 8 aliphatic heterocycles. The highest BCUT2D eigenvalue weighted by Crippen LogP contribution is 2.50. The van der Waals surface area contributed by atoms with E-state index in [9.17, 15) is 75.7 Å². The van der Waals surface area contributed by atoms with Crippen molar-refractivity contribution in [1.82, 2.24) is 47.5 Å². The number of aliphatic carboxylic acids is 1. The Morgan fingerprint density at radius 1 is 0.659 bits per heavy atom. The van der Waals surface area contributed by atoms with Gasteiger partial charge in [0.2, 0.25) is 53.4 Å². The molecule has 3 fully saturated rings. The number of halogens is 3. The lowest BCUT2D eigenvalue weighted by Crippen LogP contribution is -2.65. The number of nitrogens with zero attached hydrogens (tertiary/aromatic N) is 1. The Balaban J connectivity index is 0.962. The van der Waals surface area contributed by atoms with Crippen molar-refractivity contribution < 1.29 is 138 Å². The summed E-state index contributed by atoms with van der Waals surface area (Å²) in [6.45, 7) is 5.36. The summed E-state index contributed by atoms with van der Waals surface area (Å²) >= 11 is 20.6. The highest BCUT2D eigenvalue weighted by molar-refractivity contribution is 6.32. The van der Waals surface area contributed by atoms with Gasteiger partial charge in [0.1, 0.15) is 120 Å². The van der Waals surface area contributed by atoms with Crippen LogP contribution in [0.5, 0.6) is 46.0 Å². The summed E-state index contributed by atoms with van der Waals surface area (Å²) in [5.74, 6) is -16.7. The third-order valence-electron chi connectivity index (χ3n) is 22.3. The van der Waals surface area contributed by atoms with E-state index in [2.05, 4.69) is 47.5 Å². The summed E-state index contributed by atoms with van der Waals surface area (Å²) in [4.78, 5) is 125. The van der Waals surface area contributed by atoms with Crippen LogP contribution in [0.1, 0.15) is 111 Å². The number of carbonyl (C=O) groups excluding carboxylic acids is 7. The van der Waals surface area contributed by atoms with Crippen molar-refractivity contribution in [2.75, 3.05) is 20.2 Å². The normalized spacial score (nSPS) is 29.6. The number of amides is 7. The summed E-state index contributed by atoms with van der Waals surface area (Å²) in [7, 11) is 1.46. The van der Waals surface area contributed by atoms with Gasteiger partial charge in [0.25, 0.3) is 0 Å². The predicted octanol–water partition coefficient (Wildman–Crippen LogP) is 1.44. The Morgan fingerprint density at radius 3 is 1.92 bits per heavy atom. The minimum Gasteiger partial charge on any atom is -0.508 e. The molecule has 6 aromatic carbocycles. The van der Waals surface area contributed by atoms with Gasteiger partial charge in [-0.05, 0) is 134 Å². The van der Waals surface area contributed by atoms with Gasteiger partial charge in [0, 0.05) is 64.6 Å². The number of hydrogen-bond donors (Lipinski definition) is 22. The minimum atomic E-state index is -2.43. The molecule has 1 aromatic heterocycles. The van der Waals surface area contributed by atoms with Crippen LogP contribution in [0.15, 0.2) is 121 Å². The van der Waals surface area contributed by atoms with Gasteiger partial charge in [-0.1, -0.05) is 85.0 Å². The topological polar surface area (TPSA) is 614 Å². The maximum Gasteiger partial charge on any atom is 0.330 e. The lowest BCUT2D eigenvalue weighted by atomic mass is 9.86. The molecule has 9 heterocycles. The van der Waals surface area contributed by atoms with Gasteiger partial charge in [0.15, 0.2) is 30.1 Å². The van der Waals surface area contributed by atoms with Gasteiger partial charge < -0.3 is 153 Å². The van der Waals surface area contributed by atoms with Gasteiger partial charge >= 0.3 is 5.97 Å². The number of primary amides is 1. The molecule has 674 valence electrons. The van der Waals surface area contributed by atoms with Crippen LogP contribution in [0.4, 0.5) is 0 Å². The van der Waals surface area contributed by atoms with Crippen LogP contribution in [0, 0.1) is 5.92 Å². The predicted molar refractivity (Wildman–Crippen MR) is 441 cm³/mol. The number of aliphatic hydroxyl groups excluding tert-OH is 8. The Hall–Kier alpha value is -10.7. The van der Waals surface area contributed by atoms with Crippen molar-refractivity contribution in [2.45, 2.75) is 193 Å². The average molecular weight is 1810 g/mol. The third-order valence-corrected chi connectivity index (χ3v) is 23.2. The lowest BCUT2D eigenvalue weighted by molar-refractivity contribution is -0.350. The molecule has 0 spiro atoms. The second-order valence-electron chi connectivity index (χ2n) is 32.0. The quantitative estimate of drug-likeness (QED) is 0.0513. The van der Waals surface area contributed by atoms with E-state index < -0.39 is 284 Å². The van der Waals surface area contributed by atoms with Crippen molar-refractivity contribution >= 4 is 82.1 Å². The number of phenolic OH excluding ortho intramolecular Hbond substituents is 3. The van der Waals surface area contributed by atoms with Crippen molar-refractivity contribution in [3.05, 3.63) is 170 Å². The van der Waals surface area contributed by atoms with E-state index in [0.717, 1.165) is 72.3 Å². The van der Waals surface area contributed by atoms with E-state index in [0.29, 0.717) is 16.3 Å². The van der Waals surface area contributed by atoms with E-state index in [1.54, 1.807) is 56.4 Å². The SMILES string of the molecule is CN[C@H](CC(C)C)C(=O)NC1C(=O)NC(CC(N)=O)C(=O)N[C@H]2C(=O)NC3C(=O)N[C@H](C(=O)NC(C(=O)O)c4cc(O)cc(O)c4-c4cc3ccc4O)[C@H](OC3C[C@](C)(N)[C@@H](O)[C@H](C)O3)c3ccc(c(Cl)c3)Oc3cc2cc(c3O[C@@H]2O[C@H](CO)[C@@H](O[C@@H]3O[C@H](CNCc4ccc(-c5ccc(Cl)cc5)nc4)[C@H](O)[C@H](O)[C@H]3O)[C@H](O)[C@H]2O)Oc2ccc(cc2Cl)[C@H]1O. The third kappa shape index (κ3) is 20.3. The second-order valence-corrected chi connectivity index (χ2v) is 33.3. The lowest BCUT2D eigenvalue weighted by Gasteiger charge is -2.46. The number of rotatable bonds is 20. The van der Waals surface area contributed by atoms with Crippen LogP contribution in [-0.2, 0) is 68.6 Å². The van der Waals surface area contributed by atoms with Crippen LogP contribution in [0.2, 0.25) is 15.1 Å². The zero-order valence-electron chi connectivity index (χ0n) is 67.7. The largest absolute Gasteiger partial charge is 0.508 e. The maximum atomic E-state index is 16.4. The summed E-state index contributed by atoms with van der Waals surface area (Å²) in [5, 5.41) is 160. The summed E-state index contributed by atoms with van der Waals surface area (Å²) in [6, 6.07) is 9.56. The molecule has 0 saturated carbocycles. The van der Waals surface area contributed by atoms with Gasteiger partial charge in [-0.3, -0.25) is 38.5 Å². The number of likely N-dealkylation sites (N-methyl/N-ethyl adjacent to an activating group) is 1. The fraction of sp³-hybridized carbons (Fsp3) is 0.417. The number of nitrogens with one attached hydrogen (secondary N) is 8. The summed E-state index contributed by atoms with van der Waals surface area (Å²) in [5.41, 5.74) is 10.1. The molecule has 7 aromatic rings. The minimum absolute atomic E-state index is 0.131. The molecule has 126 heavy (non-hydrogen) atoms. The van der Waals surface area contributed by atoms with Gasteiger partial charge in [0.05, 0.1) is 47.0 Å². The van der Waals surface area contributed by atoms with E-state index in [1.807, 2.05) is 0 Å². The number of hydrogen-bond acceptors (Lipinski definition) is 31. The van der Waals surface area contributed by atoms with E-state index >= 15 is 24.0 Å². The standard InChI is InChI=1S/C84H94Cl3N11O28/c1-32(2)18-47(90-5)75(111)97-63-65(104)37-10-16-51(44(86)20-37)120-53-22-39-23-54(72(53)125-83-70(109)68(107)73(56(31-99)123-83)126-82-69(108)67(106)66(105)55(122-82)30-91-28-34-6-14-46(92-29-34)35-7-12-40(85)13-8-35)121-52-17-11-38(21-45(52)87)71(124-58-27-84(4,89)74(110)33(3)119-58)64-80(116)96-62(81(117)118)43-24-41(100)25-50(102)59(43)42-19-36(9-15-49(42)101)60(77(113)98-64)95-78(114)61(39)94-76(112)48(26-57(88)103)93-79(63)115/h6-17,19-25,29,32-33,47-48,55-56,58,60-71,73-74,82-83,90-91,99-102,104-110H,18,26-28,30-31,89H2,1-5H3,(H2,88,103)(H,93,115)(H,94,112)(H,95,114)(H,96,116)(H,97,111)(H,98,113)(H,117,118)/t33-,47+,48?,55+,56+,58?,60?,61+,62?,63?,64-,65+,66-,67-,68+,69+,70+,71+,73+,74-,82-,83-,84-/m0/s1. The first-order chi connectivity index (χ1) is 59.8. The number of aliphatic hydroxyl groups is 8. The number of fused-ring (bicyclic) bond motifs is 15. The van der Waals surface area contributed by atoms with Crippen LogP contribution in [-0.4, -0.2) is 243 Å². The zero-order valence-corrected chi connectivity index (χ0v) is 70.0. The number of pyridine rings is 1. The van der Waals surface area contributed by atoms with E-state index in [1.165, 1.54) is 33.0 Å². The number of carbonyl (C=O) groups is 8. The summed E-state index contributed by atoms with van der Waals surface area (Å²) < 4.78 is 51.2. The molecule has 0 aliphatic carbocycles.